The fourth-order valence-corrected chi connectivity index (χ4v) is 7.79. The number of hydrogen-bond acceptors (Lipinski definition) is 4. The van der Waals surface area contributed by atoms with Gasteiger partial charge in [0.15, 0.2) is 5.78 Å². The second-order valence-electron chi connectivity index (χ2n) is 9.60. The smallest absolute Gasteiger partial charge is 0.155 e. The molecule has 5 heteroatoms. The first-order valence-corrected chi connectivity index (χ1v) is 10.3. The average Bonchev–Trinajstić information content (AvgIpc) is 2.90. The molecule has 0 amide bonds. The van der Waals surface area contributed by atoms with Crippen LogP contribution in [0.3, 0.4) is 0 Å². The van der Waals surface area contributed by atoms with Crippen molar-refractivity contribution in [3.05, 3.63) is 11.6 Å². The van der Waals surface area contributed by atoms with Crippen molar-refractivity contribution in [3.63, 3.8) is 0 Å². The summed E-state index contributed by atoms with van der Waals surface area (Å²) in [6.07, 6.45) is 3.67. The number of hydrogen-bond donors (Lipinski definition) is 2. The summed E-state index contributed by atoms with van der Waals surface area (Å²) >= 11 is 6.68. The number of ketones is 2. The van der Waals surface area contributed by atoms with Crippen molar-refractivity contribution in [2.24, 2.45) is 34.5 Å². The molecule has 2 N–H and O–H groups in total. The van der Waals surface area contributed by atoms with E-state index in [1.165, 1.54) is 0 Å². The van der Waals surface area contributed by atoms with Crippen LogP contribution in [0.1, 0.15) is 52.9 Å². The van der Waals surface area contributed by atoms with Gasteiger partial charge in [0.05, 0.1) is 17.6 Å². The van der Waals surface area contributed by atoms with Crippen molar-refractivity contribution in [2.75, 3.05) is 0 Å². The fourth-order valence-electron chi connectivity index (χ4n) is 7.31. The van der Waals surface area contributed by atoms with Crippen LogP contribution in [0.5, 0.6) is 0 Å². The largest absolute Gasteiger partial charge is 0.393 e. The molecule has 0 aromatic heterocycles. The molecule has 0 bridgehead atoms. The van der Waals surface area contributed by atoms with E-state index in [2.05, 4.69) is 13.8 Å². The van der Waals surface area contributed by atoms with E-state index in [0.717, 1.165) is 18.4 Å². The molecule has 0 unspecified atom stereocenters. The first kappa shape index (κ1) is 18.6. The zero-order valence-electron chi connectivity index (χ0n) is 15.7. The molecule has 4 nitrogen and oxygen atoms in total. The van der Waals surface area contributed by atoms with Crippen LogP contribution in [0, 0.1) is 34.5 Å². The van der Waals surface area contributed by atoms with E-state index in [1.54, 1.807) is 13.0 Å². The lowest BCUT2D eigenvalue weighted by Gasteiger charge is -2.62. The molecular formula is C21H29ClO4. The Morgan fingerprint density at radius 1 is 1.27 bits per heavy atom. The molecule has 9 atom stereocenters. The third kappa shape index (κ3) is 2.28. The summed E-state index contributed by atoms with van der Waals surface area (Å²) in [5, 5.41) is 21.7. The van der Waals surface area contributed by atoms with Gasteiger partial charge in [-0.3, -0.25) is 9.59 Å². The number of alkyl halides is 1. The van der Waals surface area contributed by atoms with E-state index in [1.807, 2.05) is 0 Å². The van der Waals surface area contributed by atoms with Crippen LogP contribution < -0.4 is 0 Å². The molecule has 4 aliphatic carbocycles. The van der Waals surface area contributed by atoms with Gasteiger partial charge in [-0.05, 0) is 72.8 Å². The Hall–Kier alpha value is -0.710. The molecule has 0 aromatic rings. The molecule has 0 spiro atoms. The summed E-state index contributed by atoms with van der Waals surface area (Å²) in [5.74, 6) is 0.116. The first-order chi connectivity index (χ1) is 12.1. The summed E-state index contributed by atoms with van der Waals surface area (Å²) in [7, 11) is 0. The van der Waals surface area contributed by atoms with Gasteiger partial charge >= 0.3 is 0 Å². The fraction of sp³-hybridized carbons (Fsp3) is 0.810. The number of carbonyl (C=O) groups is 2. The summed E-state index contributed by atoms with van der Waals surface area (Å²) in [4.78, 5) is 24.2. The minimum Gasteiger partial charge on any atom is -0.393 e. The predicted octanol–water partition coefficient (Wildman–Crippen LogP) is 2.88. The van der Waals surface area contributed by atoms with Gasteiger partial charge in [-0.2, -0.15) is 0 Å². The molecule has 0 aromatic carbocycles. The Morgan fingerprint density at radius 3 is 2.62 bits per heavy atom. The molecule has 3 fully saturated rings. The topological polar surface area (TPSA) is 74.6 Å². The van der Waals surface area contributed by atoms with Gasteiger partial charge in [-0.1, -0.05) is 13.8 Å². The first-order valence-electron chi connectivity index (χ1n) is 9.87. The predicted molar refractivity (Wildman–Crippen MR) is 98.7 cm³/mol. The SMILES string of the molecule is CC(=O)[C@H]1CC[C@H]2[C@@H]3[C@H](O)[C@@H](Cl)C4=CC(=O)CC[C@]4(C)[C@H]3[C@H](O)C[C@]12C. The molecule has 0 aliphatic heterocycles. The van der Waals surface area contributed by atoms with Crippen molar-refractivity contribution < 1.29 is 19.8 Å². The van der Waals surface area contributed by atoms with Crippen LogP contribution in [0.25, 0.3) is 0 Å². The second-order valence-corrected chi connectivity index (χ2v) is 10.1. The van der Waals surface area contributed by atoms with Crippen molar-refractivity contribution >= 4 is 23.2 Å². The number of rotatable bonds is 1. The molecule has 0 radical (unpaired) electrons. The molecule has 144 valence electrons. The Bertz CT molecular complexity index is 687. The normalized spacial score (nSPS) is 53.4. The molecule has 4 rings (SSSR count). The summed E-state index contributed by atoms with van der Waals surface area (Å²) in [5.41, 5.74) is 0.152. The zero-order chi connectivity index (χ0) is 19.0. The van der Waals surface area contributed by atoms with Crippen molar-refractivity contribution in [3.8, 4) is 0 Å². The Labute approximate surface area is 160 Å². The highest BCUT2D eigenvalue weighted by Gasteiger charge is 2.66. The van der Waals surface area contributed by atoms with Crippen LogP contribution in [-0.4, -0.2) is 39.4 Å². The van der Waals surface area contributed by atoms with Crippen LogP contribution in [0.2, 0.25) is 0 Å². The Balaban J connectivity index is 1.81. The lowest BCUT2D eigenvalue weighted by molar-refractivity contribution is -0.166. The van der Waals surface area contributed by atoms with Gasteiger partial charge in [-0.15, -0.1) is 11.6 Å². The lowest BCUT2D eigenvalue weighted by Crippen LogP contribution is -2.63. The quantitative estimate of drug-likeness (QED) is 0.686. The van der Waals surface area contributed by atoms with Gasteiger partial charge in [0.25, 0.3) is 0 Å². The third-order valence-electron chi connectivity index (χ3n) is 8.44. The second kappa shape index (κ2) is 5.89. The minimum atomic E-state index is -0.795. The molecule has 3 saturated carbocycles. The lowest BCUT2D eigenvalue weighted by atomic mass is 9.45. The van der Waals surface area contributed by atoms with E-state index < -0.39 is 17.6 Å². The van der Waals surface area contributed by atoms with Crippen LogP contribution >= 0.6 is 11.6 Å². The minimum absolute atomic E-state index is 0.0539. The number of fused-ring (bicyclic) bond motifs is 5. The van der Waals surface area contributed by atoms with Gasteiger partial charge in [0.2, 0.25) is 0 Å². The molecule has 0 heterocycles. The molecule has 26 heavy (non-hydrogen) atoms. The average molecular weight is 381 g/mol. The summed E-state index contributed by atoms with van der Waals surface area (Å²) < 4.78 is 0. The maximum atomic E-state index is 12.2. The standard InChI is InChI=1S/C21H29ClO4/c1-10(23)12-4-5-13-16-17(15(25)9-21(12,13)3)20(2)7-6-11(24)8-14(20)18(22)19(16)26/h8,12-13,15-19,25-26H,4-7,9H2,1-3H3/t12-,13+,15-,16+,17+,18+,19+,20+,21-/m1/s1. The number of aliphatic hydroxyl groups is 2. The van der Waals surface area contributed by atoms with Gasteiger partial charge in [0.1, 0.15) is 5.78 Å². The molecule has 4 aliphatic rings. The summed E-state index contributed by atoms with van der Waals surface area (Å²) in [6, 6.07) is 0. The van der Waals surface area contributed by atoms with Gasteiger partial charge < -0.3 is 10.2 Å². The van der Waals surface area contributed by atoms with E-state index >= 15 is 0 Å². The van der Waals surface area contributed by atoms with Gasteiger partial charge in [-0.25, -0.2) is 0 Å². The van der Waals surface area contributed by atoms with Gasteiger partial charge in [0, 0.05) is 12.3 Å². The van der Waals surface area contributed by atoms with Crippen molar-refractivity contribution in [1.29, 1.82) is 0 Å². The number of halogens is 1. The highest BCUT2D eigenvalue weighted by molar-refractivity contribution is 6.23. The highest BCUT2D eigenvalue weighted by Crippen LogP contribution is 2.67. The maximum Gasteiger partial charge on any atom is 0.155 e. The highest BCUT2D eigenvalue weighted by atomic mass is 35.5. The molecule has 0 saturated heterocycles. The van der Waals surface area contributed by atoms with Crippen molar-refractivity contribution in [2.45, 2.75) is 70.5 Å². The van der Waals surface area contributed by atoms with E-state index in [-0.39, 0.29) is 46.1 Å². The monoisotopic (exact) mass is 380 g/mol. The molecular weight excluding hydrogens is 352 g/mol. The third-order valence-corrected chi connectivity index (χ3v) is 8.93. The van der Waals surface area contributed by atoms with E-state index in [9.17, 15) is 19.8 Å². The zero-order valence-corrected chi connectivity index (χ0v) is 16.5. The summed E-state index contributed by atoms with van der Waals surface area (Å²) in [6.45, 7) is 5.87. The Kier molecular flexibility index (Phi) is 4.22. The van der Waals surface area contributed by atoms with Crippen molar-refractivity contribution in [1.82, 2.24) is 0 Å². The van der Waals surface area contributed by atoms with Crippen LogP contribution in [-0.2, 0) is 9.59 Å². The number of carbonyl (C=O) groups excluding carboxylic acids is 2. The maximum absolute atomic E-state index is 12.2. The Morgan fingerprint density at radius 2 is 1.96 bits per heavy atom. The number of Topliss-reactive ketones (excluding diaryl/α,β-unsaturated/α-hetero) is 1. The number of aliphatic hydroxyl groups excluding tert-OH is 2. The van der Waals surface area contributed by atoms with Crippen LogP contribution in [0.15, 0.2) is 11.6 Å². The van der Waals surface area contributed by atoms with Crippen LogP contribution in [0.4, 0.5) is 0 Å². The van der Waals surface area contributed by atoms with E-state index in [0.29, 0.717) is 19.3 Å². The van der Waals surface area contributed by atoms with E-state index in [4.69, 9.17) is 11.6 Å².